The van der Waals surface area contributed by atoms with Crippen LogP contribution in [0.3, 0.4) is 0 Å². The Morgan fingerprint density at radius 2 is 2.33 bits per heavy atom. The van der Waals surface area contributed by atoms with E-state index in [1.54, 1.807) is 18.5 Å². The average Bonchev–Trinajstić information content (AvgIpc) is 2.59. The number of nitrogens with two attached hydrogens (primary N) is 1. The van der Waals surface area contributed by atoms with Crippen molar-refractivity contribution in [3.05, 3.63) is 24.0 Å². The molecule has 0 atom stereocenters. The van der Waals surface area contributed by atoms with Gasteiger partial charge in [-0.3, -0.25) is 9.88 Å². The number of primary amides is 1. The Balaban J connectivity index is 2.20. The molecule has 0 aliphatic carbocycles. The minimum atomic E-state index is -1.09. The molecule has 0 radical (unpaired) electrons. The lowest BCUT2D eigenvalue weighted by atomic mass is 10.2. The zero-order chi connectivity index (χ0) is 10.8. The van der Waals surface area contributed by atoms with Crippen LogP contribution in [0.4, 0.5) is 15.3 Å². The molecule has 2 heterocycles. The van der Waals surface area contributed by atoms with Crippen LogP contribution in [-0.2, 0) is 11.2 Å². The third-order valence-corrected chi connectivity index (χ3v) is 2.18. The topological polar surface area (TPSA) is 85.5 Å². The quantitative estimate of drug-likeness (QED) is 0.633. The van der Waals surface area contributed by atoms with Crippen molar-refractivity contribution in [3.8, 4) is 0 Å². The minimum Gasteiger partial charge on any atom is -0.359 e. The number of anilines is 1. The highest BCUT2D eigenvalue weighted by atomic mass is 16.6. The molecule has 0 fully saturated rings. The maximum Gasteiger partial charge on any atom is 0.423 e. The summed E-state index contributed by atoms with van der Waals surface area (Å²) in [6, 6.07) is 1.70. The van der Waals surface area contributed by atoms with E-state index in [0.29, 0.717) is 13.0 Å². The summed E-state index contributed by atoms with van der Waals surface area (Å²) in [6.07, 6.45) is 2.13. The van der Waals surface area contributed by atoms with Gasteiger partial charge in [0.1, 0.15) is 0 Å². The minimum absolute atomic E-state index is 0.479. The van der Waals surface area contributed by atoms with Crippen molar-refractivity contribution in [3.63, 3.8) is 0 Å². The molecule has 6 heteroatoms. The van der Waals surface area contributed by atoms with Gasteiger partial charge in [-0.05, 0) is 18.1 Å². The second-order valence-electron chi connectivity index (χ2n) is 3.09. The monoisotopic (exact) mass is 207 g/mol. The molecule has 2 N–H and O–H groups in total. The molecular weight excluding hydrogens is 198 g/mol. The van der Waals surface area contributed by atoms with Crippen LogP contribution >= 0.6 is 0 Å². The number of carbonyl (C=O) groups excluding carboxylic acids is 2. The van der Waals surface area contributed by atoms with Gasteiger partial charge in [0.2, 0.25) is 0 Å². The van der Waals surface area contributed by atoms with Crippen LogP contribution in [0.2, 0.25) is 0 Å². The van der Waals surface area contributed by atoms with E-state index in [-0.39, 0.29) is 0 Å². The molecule has 0 saturated heterocycles. The first-order valence-electron chi connectivity index (χ1n) is 4.40. The van der Waals surface area contributed by atoms with Gasteiger partial charge in [-0.15, -0.1) is 0 Å². The third kappa shape index (κ3) is 1.74. The molecule has 2 rings (SSSR count). The molecule has 6 nitrogen and oxygen atoms in total. The van der Waals surface area contributed by atoms with E-state index in [1.807, 2.05) is 0 Å². The van der Waals surface area contributed by atoms with Gasteiger partial charge in [0.05, 0.1) is 5.69 Å². The second kappa shape index (κ2) is 3.56. The number of carbonyl (C=O) groups is 2. The summed E-state index contributed by atoms with van der Waals surface area (Å²) in [6.45, 7) is 0.479. The van der Waals surface area contributed by atoms with Gasteiger partial charge < -0.3 is 10.5 Å². The van der Waals surface area contributed by atoms with E-state index in [0.717, 1.165) is 11.3 Å². The molecule has 0 bridgehead atoms. The molecule has 1 aliphatic heterocycles. The zero-order valence-corrected chi connectivity index (χ0v) is 7.84. The fourth-order valence-electron chi connectivity index (χ4n) is 1.56. The molecule has 78 valence electrons. The predicted molar refractivity (Wildman–Crippen MR) is 51.4 cm³/mol. The van der Waals surface area contributed by atoms with Crippen LogP contribution in [0.5, 0.6) is 0 Å². The maximum atomic E-state index is 11.4. The molecule has 0 spiro atoms. The summed E-state index contributed by atoms with van der Waals surface area (Å²) < 4.78 is 4.30. The number of hydrogen-bond acceptors (Lipinski definition) is 4. The fourth-order valence-corrected chi connectivity index (χ4v) is 1.56. The van der Waals surface area contributed by atoms with Crippen molar-refractivity contribution in [1.29, 1.82) is 0 Å². The van der Waals surface area contributed by atoms with E-state index in [2.05, 4.69) is 9.72 Å². The summed E-state index contributed by atoms with van der Waals surface area (Å²) >= 11 is 0. The molecular formula is C9H9N3O3. The van der Waals surface area contributed by atoms with Gasteiger partial charge in [0.25, 0.3) is 0 Å². The van der Waals surface area contributed by atoms with Crippen molar-refractivity contribution in [2.45, 2.75) is 6.42 Å². The van der Waals surface area contributed by atoms with Crippen LogP contribution in [-0.4, -0.2) is 23.7 Å². The molecule has 0 unspecified atom stereocenters. The van der Waals surface area contributed by atoms with Crippen molar-refractivity contribution < 1.29 is 14.3 Å². The van der Waals surface area contributed by atoms with E-state index in [4.69, 9.17) is 5.73 Å². The number of nitrogens with zero attached hydrogens (tertiary/aromatic N) is 2. The van der Waals surface area contributed by atoms with Crippen LogP contribution < -0.4 is 10.6 Å². The number of pyridine rings is 1. The number of amides is 2. The summed E-state index contributed by atoms with van der Waals surface area (Å²) in [7, 11) is 0. The van der Waals surface area contributed by atoms with Gasteiger partial charge in [0.15, 0.2) is 0 Å². The average molecular weight is 207 g/mol. The first-order valence-corrected chi connectivity index (χ1v) is 4.40. The summed E-state index contributed by atoms with van der Waals surface area (Å²) in [5.41, 5.74) is 6.44. The molecule has 0 aromatic carbocycles. The zero-order valence-electron chi connectivity index (χ0n) is 7.84. The van der Waals surface area contributed by atoms with Crippen molar-refractivity contribution in [2.75, 3.05) is 11.4 Å². The number of fused-ring (bicyclic) bond motifs is 1. The first kappa shape index (κ1) is 9.45. The largest absolute Gasteiger partial charge is 0.423 e. The molecule has 0 saturated carbocycles. The van der Waals surface area contributed by atoms with E-state index < -0.39 is 12.2 Å². The van der Waals surface area contributed by atoms with Crippen LogP contribution in [0.15, 0.2) is 18.5 Å². The second-order valence-corrected chi connectivity index (χ2v) is 3.09. The van der Waals surface area contributed by atoms with Crippen molar-refractivity contribution in [1.82, 2.24) is 4.98 Å². The van der Waals surface area contributed by atoms with Crippen LogP contribution in [0.1, 0.15) is 5.56 Å². The van der Waals surface area contributed by atoms with Gasteiger partial charge in [-0.1, -0.05) is 0 Å². The standard InChI is InChI=1S/C9H9N3O3/c10-8(13)15-9(14)12-4-2-6-5-11-3-1-7(6)12/h1,3,5H,2,4H2,(H2,10,13). The van der Waals surface area contributed by atoms with Crippen LogP contribution in [0, 0.1) is 0 Å². The summed E-state index contributed by atoms with van der Waals surface area (Å²) in [5, 5.41) is 0. The lowest BCUT2D eigenvalue weighted by Crippen LogP contribution is -2.33. The summed E-state index contributed by atoms with van der Waals surface area (Å²) in [4.78, 5) is 27.1. The molecule has 1 aliphatic rings. The SMILES string of the molecule is NC(=O)OC(=O)N1CCc2cnccc21. The van der Waals surface area contributed by atoms with E-state index >= 15 is 0 Å². The lowest BCUT2D eigenvalue weighted by Gasteiger charge is -2.14. The Morgan fingerprint density at radius 3 is 3.07 bits per heavy atom. The lowest BCUT2D eigenvalue weighted by molar-refractivity contribution is 0.162. The molecule has 2 amide bonds. The van der Waals surface area contributed by atoms with E-state index in [1.165, 1.54) is 4.90 Å². The number of rotatable bonds is 0. The Hall–Kier alpha value is -2.11. The maximum absolute atomic E-state index is 11.4. The fraction of sp³-hybridized carbons (Fsp3) is 0.222. The normalized spacial score (nSPS) is 13.5. The Labute approximate surface area is 85.6 Å². The Morgan fingerprint density at radius 1 is 1.53 bits per heavy atom. The van der Waals surface area contributed by atoms with Crippen molar-refractivity contribution >= 4 is 17.9 Å². The number of ether oxygens (including phenoxy) is 1. The van der Waals surface area contributed by atoms with E-state index in [9.17, 15) is 9.59 Å². The Kier molecular flexibility index (Phi) is 2.24. The van der Waals surface area contributed by atoms with Gasteiger partial charge in [0, 0.05) is 18.9 Å². The van der Waals surface area contributed by atoms with Gasteiger partial charge in [-0.25, -0.2) is 9.59 Å². The van der Waals surface area contributed by atoms with Gasteiger partial charge >= 0.3 is 12.2 Å². The molecule has 1 aromatic rings. The van der Waals surface area contributed by atoms with Crippen molar-refractivity contribution in [2.24, 2.45) is 5.73 Å². The first-order chi connectivity index (χ1) is 7.18. The molecule has 15 heavy (non-hydrogen) atoms. The number of hydrogen-bond donors (Lipinski definition) is 1. The molecule has 1 aromatic heterocycles. The Bertz CT molecular complexity index is 419. The predicted octanol–water partition coefficient (Wildman–Crippen LogP) is 0.659. The van der Waals surface area contributed by atoms with Gasteiger partial charge in [-0.2, -0.15) is 0 Å². The smallest absolute Gasteiger partial charge is 0.359 e. The summed E-state index contributed by atoms with van der Waals surface area (Å²) in [5.74, 6) is 0. The highest BCUT2D eigenvalue weighted by Crippen LogP contribution is 2.26. The number of aromatic nitrogens is 1. The van der Waals surface area contributed by atoms with Crippen LogP contribution in [0.25, 0.3) is 0 Å². The highest BCUT2D eigenvalue weighted by molar-refractivity contribution is 5.95. The highest BCUT2D eigenvalue weighted by Gasteiger charge is 2.26. The third-order valence-electron chi connectivity index (χ3n) is 2.18.